The van der Waals surface area contributed by atoms with Crippen LogP contribution in [0.3, 0.4) is 0 Å². The Hall–Kier alpha value is -3.39. The normalized spacial score (nSPS) is 13.3. The molecule has 0 bridgehead atoms. The minimum Gasteiger partial charge on any atom is -0.328 e. The summed E-state index contributed by atoms with van der Waals surface area (Å²) in [5.41, 5.74) is 10.3. The highest BCUT2D eigenvalue weighted by Gasteiger charge is 2.18. The third-order valence-electron chi connectivity index (χ3n) is 5.28. The highest BCUT2D eigenvalue weighted by atomic mass is 15.5. The molecule has 0 saturated heterocycles. The van der Waals surface area contributed by atoms with Crippen molar-refractivity contribution >= 4 is 0 Å². The van der Waals surface area contributed by atoms with Crippen molar-refractivity contribution in [3.8, 4) is 22.5 Å². The molecule has 154 valence electrons. The van der Waals surface area contributed by atoms with E-state index in [1.165, 1.54) is 5.56 Å². The van der Waals surface area contributed by atoms with Gasteiger partial charge in [-0.25, -0.2) is 14.8 Å². The van der Waals surface area contributed by atoms with Crippen LogP contribution in [-0.4, -0.2) is 41.4 Å². The van der Waals surface area contributed by atoms with Gasteiger partial charge in [0.1, 0.15) is 12.2 Å². The highest BCUT2D eigenvalue weighted by Crippen LogP contribution is 2.30. The Bertz CT molecular complexity index is 1070. The second-order valence-electron chi connectivity index (χ2n) is 7.59. The van der Waals surface area contributed by atoms with Crippen LogP contribution in [0.4, 0.5) is 0 Å². The lowest BCUT2D eigenvalue weighted by atomic mass is 9.97. The van der Waals surface area contributed by atoms with Crippen LogP contribution < -0.4 is 5.73 Å². The van der Waals surface area contributed by atoms with Crippen LogP contribution in [-0.2, 0) is 6.54 Å². The molecular weight excluding hydrogens is 376 g/mol. The lowest BCUT2D eigenvalue weighted by molar-refractivity contribution is 0.486. The summed E-state index contributed by atoms with van der Waals surface area (Å²) >= 11 is 0. The van der Waals surface area contributed by atoms with E-state index in [2.05, 4.69) is 68.0 Å². The van der Waals surface area contributed by atoms with Gasteiger partial charge in [-0.3, -0.25) is 0 Å². The van der Waals surface area contributed by atoms with Gasteiger partial charge in [0.2, 0.25) is 0 Å². The van der Waals surface area contributed by atoms with E-state index in [0.29, 0.717) is 18.3 Å². The lowest BCUT2D eigenvalue weighted by Gasteiger charge is -2.17. The maximum Gasteiger partial charge on any atom is 0.180 e. The number of hydrogen-bond acceptors (Lipinski definition) is 6. The second kappa shape index (κ2) is 8.96. The standard InChI is InChI=1S/C22H26N8/c1-3-17(12-15(2)23)22-24-14-25-30(22)13-16-8-10-18(11-9-16)19-6-4-5-7-20(19)21-26-28-29-27-21/h4-11,14-15,17H,3,12-13,23H2,1-2H3,(H,26,27,28,29). The van der Waals surface area contributed by atoms with E-state index in [1.807, 2.05) is 29.8 Å². The first-order valence-electron chi connectivity index (χ1n) is 10.2. The molecule has 2 heterocycles. The fourth-order valence-corrected chi connectivity index (χ4v) is 3.79. The average molecular weight is 403 g/mol. The van der Waals surface area contributed by atoms with Crippen molar-refractivity contribution in [1.29, 1.82) is 0 Å². The quantitative estimate of drug-likeness (QED) is 0.467. The molecule has 8 nitrogen and oxygen atoms in total. The molecule has 2 unspecified atom stereocenters. The van der Waals surface area contributed by atoms with Gasteiger partial charge in [-0.15, -0.1) is 5.10 Å². The molecule has 0 aliphatic heterocycles. The minimum absolute atomic E-state index is 0.138. The molecule has 0 aliphatic rings. The summed E-state index contributed by atoms with van der Waals surface area (Å²) < 4.78 is 1.99. The van der Waals surface area contributed by atoms with E-state index in [4.69, 9.17) is 5.73 Å². The maximum atomic E-state index is 6.02. The van der Waals surface area contributed by atoms with Crippen LogP contribution in [0.1, 0.15) is 44.0 Å². The molecule has 2 aromatic heterocycles. The smallest absolute Gasteiger partial charge is 0.180 e. The molecule has 2 aromatic carbocycles. The number of nitrogens with zero attached hydrogens (tertiary/aromatic N) is 6. The van der Waals surface area contributed by atoms with Crippen molar-refractivity contribution in [3.63, 3.8) is 0 Å². The number of rotatable bonds is 8. The van der Waals surface area contributed by atoms with Crippen molar-refractivity contribution in [2.75, 3.05) is 0 Å². The average Bonchev–Trinajstić information content (AvgIpc) is 3.45. The predicted molar refractivity (Wildman–Crippen MR) is 115 cm³/mol. The van der Waals surface area contributed by atoms with E-state index in [9.17, 15) is 0 Å². The van der Waals surface area contributed by atoms with Gasteiger partial charge in [-0.2, -0.15) is 5.10 Å². The third-order valence-corrected chi connectivity index (χ3v) is 5.28. The van der Waals surface area contributed by atoms with E-state index in [-0.39, 0.29) is 6.04 Å². The van der Waals surface area contributed by atoms with Gasteiger partial charge in [0.05, 0.1) is 6.54 Å². The predicted octanol–water partition coefficient (Wildman–Crippen LogP) is 3.40. The molecular formula is C22H26N8. The Morgan fingerprint density at radius 3 is 2.50 bits per heavy atom. The Labute approximate surface area is 175 Å². The summed E-state index contributed by atoms with van der Waals surface area (Å²) in [6, 6.07) is 16.7. The van der Waals surface area contributed by atoms with Crippen LogP contribution in [0.25, 0.3) is 22.5 Å². The maximum absolute atomic E-state index is 6.02. The summed E-state index contributed by atoms with van der Waals surface area (Å²) in [4.78, 5) is 4.52. The van der Waals surface area contributed by atoms with Crippen LogP contribution in [0, 0.1) is 0 Å². The Kier molecular flexibility index (Phi) is 5.94. The SMILES string of the molecule is CCC(CC(C)N)c1ncnn1Cc1ccc(-c2ccccc2-c2nnn[nH]2)cc1. The summed E-state index contributed by atoms with van der Waals surface area (Å²) in [6.45, 7) is 4.88. The zero-order valence-corrected chi connectivity index (χ0v) is 17.2. The highest BCUT2D eigenvalue weighted by molar-refractivity contribution is 5.80. The monoisotopic (exact) mass is 402 g/mol. The number of hydrogen-bond donors (Lipinski definition) is 2. The number of nitrogens with two attached hydrogens (primary N) is 1. The number of H-pyrrole nitrogens is 1. The zero-order valence-electron chi connectivity index (χ0n) is 17.2. The van der Waals surface area contributed by atoms with Crippen molar-refractivity contribution in [2.45, 2.75) is 45.2 Å². The first-order valence-corrected chi connectivity index (χ1v) is 10.2. The van der Waals surface area contributed by atoms with Crippen molar-refractivity contribution < 1.29 is 0 Å². The first kappa shape index (κ1) is 19.9. The number of nitrogens with one attached hydrogen (secondary N) is 1. The fourth-order valence-electron chi connectivity index (χ4n) is 3.79. The van der Waals surface area contributed by atoms with Crippen LogP contribution in [0.5, 0.6) is 0 Å². The van der Waals surface area contributed by atoms with Crippen molar-refractivity contribution in [2.24, 2.45) is 5.73 Å². The second-order valence-corrected chi connectivity index (χ2v) is 7.59. The molecule has 0 fully saturated rings. The number of benzene rings is 2. The summed E-state index contributed by atoms with van der Waals surface area (Å²) in [7, 11) is 0. The third kappa shape index (κ3) is 4.28. The van der Waals surface area contributed by atoms with Crippen LogP contribution in [0.15, 0.2) is 54.9 Å². The molecule has 8 heteroatoms. The van der Waals surface area contributed by atoms with E-state index in [0.717, 1.165) is 35.4 Å². The molecule has 4 rings (SSSR count). The van der Waals surface area contributed by atoms with Crippen molar-refractivity contribution in [1.82, 2.24) is 35.4 Å². The molecule has 0 radical (unpaired) electrons. The lowest BCUT2D eigenvalue weighted by Crippen LogP contribution is -2.21. The number of tetrazole rings is 1. The van der Waals surface area contributed by atoms with Gasteiger partial charge < -0.3 is 5.73 Å². The van der Waals surface area contributed by atoms with E-state index in [1.54, 1.807) is 6.33 Å². The van der Waals surface area contributed by atoms with Crippen molar-refractivity contribution in [3.05, 3.63) is 66.2 Å². The molecule has 4 aromatic rings. The van der Waals surface area contributed by atoms with E-state index < -0.39 is 0 Å². The van der Waals surface area contributed by atoms with Gasteiger partial charge in [0, 0.05) is 17.5 Å². The number of aromatic nitrogens is 7. The molecule has 30 heavy (non-hydrogen) atoms. The first-order chi connectivity index (χ1) is 14.7. The molecule has 2 atom stereocenters. The van der Waals surface area contributed by atoms with Gasteiger partial charge >= 0.3 is 0 Å². The Morgan fingerprint density at radius 1 is 1.07 bits per heavy atom. The van der Waals surface area contributed by atoms with Crippen LogP contribution in [0.2, 0.25) is 0 Å². The Balaban J connectivity index is 1.56. The van der Waals surface area contributed by atoms with Gasteiger partial charge in [-0.05, 0) is 46.9 Å². The molecule has 0 saturated carbocycles. The summed E-state index contributed by atoms with van der Waals surface area (Å²) in [5, 5.41) is 18.7. The van der Waals surface area contributed by atoms with Gasteiger partial charge in [0.15, 0.2) is 5.82 Å². The van der Waals surface area contributed by atoms with Gasteiger partial charge in [0.25, 0.3) is 0 Å². The molecule has 0 spiro atoms. The fraction of sp³-hybridized carbons (Fsp3) is 0.318. The van der Waals surface area contributed by atoms with Gasteiger partial charge in [-0.1, -0.05) is 55.5 Å². The van der Waals surface area contributed by atoms with Crippen LogP contribution >= 0.6 is 0 Å². The molecule has 0 aliphatic carbocycles. The topological polar surface area (TPSA) is 111 Å². The molecule has 0 amide bonds. The number of aromatic amines is 1. The Morgan fingerprint density at radius 2 is 1.83 bits per heavy atom. The zero-order chi connectivity index (χ0) is 20.9. The molecule has 3 N–H and O–H groups in total. The summed E-state index contributed by atoms with van der Waals surface area (Å²) in [5.74, 6) is 1.97. The summed E-state index contributed by atoms with van der Waals surface area (Å²) in [6.07, 6.45) is 3.53. The largest absolute Gasteiger partial charge is 0.328 e. The minimum atomic E-state index is 0.138. The van der Waals surface area contributed by atoms with E-state index >= 15 is 0 Å².